The number of pyridine rings is 1. The summed E-state index contributed by atoms with van der Waals surface area (Å²) in [4.78, 5) is 24.6. The lowest BCUT2D eigenvalue weighted by Crippen LogP contribution is -2.34. The Morgan fingerprint density at radius 2 is 1.85 bits per heavy atom. The average Bonchev–Trinajstić information content (AvgIpc) is 2.77. The number of carbonyl (C=O) groups is 1. The first-order chi connectivity index (χ1) is 15.4. The number of rotatable bonds is 5. The van der Waals surface area contributed by atoms with Crippen molar-refractivity contribution in [2.45, 2.75) is 18.9 Å². The molecule has 0 unspecified atom stereocenters. The highest BCUT2D eigenvalue weighted by atomic mass is 35.5. The normalized spacial score (nSPS) is 13.8. The van der Waals surface area contributed by atoms with Gasteiger partial charge in [0.2, 0.25) is 5.88 Å². The van der Waals surface area contributed by atoms with Gasteiger partial charge in [0, 0.05) is 6.07 Å². The Kier molecular flexibility index (Phi) is 7.67. The number of nitrogen functional groups attached to an aromatic ring is 1. The van der Waals surface area contributed by atoms with Crippen LogP contribution in [0.25, 0.3) is 11.3 Å². The molecule has 33 heavy (non-hydrogen) atoms. The zero-order valence-electron chi connectivity index (χ0n) is 17.1. The van der Waals surface area contributed by atoms with E-state index in [9.17, 15) is 18.0 Å². The summed E-state index contributed by atoms with van der Waals surface area (Å²) >= 11 is 0. The summed E-state index contributed by atoms with van der Waals surface area (Å²) in [5.41, 5.74) is 3.83. The fraction of sp³-hybridized carbons (Fsp3) is 0.238. The van der Waals surface area contributed by atoms with E-state index in [2.05, 4.69) is 25.6 Å². The Hall–Kier alpha value is -3.44. The zero-order valence-corrected chi connectivity index (χ0v) is 18.0. The molecule has 1 fully saturated rings. The number of hydrogen-bond donors (Lipinski definition) is 3. The number of halogens is 4. The van der Waals surface area contributed by atoms with E-state index in [0.29, 0.717) is 0 Å². The minimum atomic E-state index is -1.07. The second-order valence-corrected chi connectivity index (χ2v) is 7.12. The number of nitrogens with two attached hydrogens (primary N) is 1. The maximum atomic E-state index is 14.4. The zero-order chi connectivity index (χ0) is 22.7. The third-order valence-corrected chi connectivity index (χ3v) is 4.91. The topological polar surface area (TPSA) is 115 Å². The van der Waals surface area contributed by atoms with Crippen LogP contribution in [0.4, 0.5) is 24.5 Å². The lowest BCUT2D eigenvalue weighted by atomic mass is 10.1. The number of aromatic nitrogens is 3. The number of nitrogens with zero attached hydrogens (tertiary/aromatic N) is 3. The van der Waals surface area contributed by atoms with Crippen LogP contribution in [0.3, 0.4) is 0 Å². The maximum Gasteiger partial charge on any atom is 0.276 e. The quantitative estimate of drug-likeness (QED) is 0.513. The molecule has 0 atom stereocenters. The van der Waals surface area contributed by atoms with Crippen molar-refractivity contribution >= 4 is 29.7 Å². The third-order valence-electron chi connectivity index (χ3n) is 4.91. The van der Waals surface area contributed by atoms with Gasteiger partial charge in [0.05, 0.1) is 17.4 Å². The van der Waals surface area contributed by atoms with Crippen LogP contribution in [0.2, 0.25) is 0 Å². The lowest BCUT2D eigenvalue weighted by molar-refractivity contribution is 0.102. The second kappa shape index (κ2) is 10.5. The molecule has 0 aliphatic carbocycles. The molecule has 0 bridgehead atoms. The van der Waals surface area contributed by atoms with Crippen molar-refractivity contribution in [1.29, 1.82) is 0 Å². The van der Waals surface area contributed by atoms with Crippen molar-refractivity contribution in [3.8, 4) is 17.1 Å². The van der Waals surface area contributed by atoms with Gasteiger partial charge < -0.3 is 21.1 Å². The van der Waals surface area contributed by atoms with E-state index in [1.165, 1.54) is 12.5 Å². The molecule has 174 valence electrons. The predicted molar refractivity (Wildman–Crippen MR) is 118 cm³/mol. The minimum absolute atomic E-state index is 0. The fourth-order valence-electron chi connectivity index (χ4n) is 3.33. The summed E-state index contributed by atoms with van der Waals surface area (Å²) < 4.78 is 48.6. The Morgan fingerprint density at radius 1 is 1.15 bits per heavy atom. The predicted octanol–water partition coefficient (Wildman–Crippen LogP) is 3.34. The van der Waals surface area contributed by atoms with Crippen LogP contribution < -0.4 is 21.1 Å². The van der Waals surface area contributed by atoms with Gasteiger partial charge in [-0.1, -0.05) is 6.07 Å². The van der Waals surface area contributed by atoms with Crippen molar-refractivity contribution in [3.63, 3.8) is 0 Å². The summed E-state index contributed by atoms with van der Waals surface area (Å²) in [6, 6.07) is 3.84. The molecular formula is C21H20ClF3N6O2. The van der Waals surface area contributed by atoms with Gasteiger partial charge in [-0.2, -0.15) is 4.98 Å². The molecular weight excluding hydrogens is 461 g/mol. The molecule has 8 nitrogen and oxygen atoms in total. The summed E-state index contributed by atoms with van der Waals surface area (Å²) in [5, 5.41) is 5.75. The minimum Gasteiger partial charge on any atom is -0.473 e. The summed E-state index contributed by atoms with van der Waals surface area (Å²) in [6.45, 7) is 1.59. The van der Waals surface area contributed by atoms with Crippen LogP contribution in [-0.4, -0.2) is 40.1 Å². The van der Waals surface area contributed by atoms with E-state index in [1.807, 2.05) is 0 Å². The third kappa shape index (κ3) is 5.32. The first-order valence-corrected chi connectivity index (χ1v) is 9.83. The molecule has 1 aliphatic rings. The van der Waals surface area contributed by atoms with Gasteiger partial charge in [-0.25, -0.2) is 23.1 Å². The van der Waals surface area contributed by atoms with E-state index in [4.69, 9.17) is 10.5 Å². The number of carbonyl (C=O) groups excluding carboxylic acids is 1. The molecule has 4 N–H and O–H groups in total. The highest BCUT2D eigenvalue weighted by Gasteiger charge is 2.23. The molecule has 1 amide bonds. The van der Waals surface area contributed by atoms with Crippen LogP contribution >= 0.6 is 12.4 Å². The SMILES string of the molecule is Cl.Nc1cc(F)c(-c2c(F)cccc2F)nc1C(=O)Nc1cncnc1OC1CCNCC1. The van der Waals surface area contributed by atoms with Crippen molar-refractivity contribution in [2.24, 2.45) is 0 Å². The van der Waals surface area contributed by atoms with Crippen molar-refractivity contribution in [1.82, 2.24) is 20.3 Å². The Labute approximate surface area is 193 Å². The van der Waals surface area contributed by atoms with Gasteiger partial charge >= 0.3 is 0 Å². The number of piperidine rings is 1. The molecule has 0 radical (unpaired) electrons. The maximum absolute atomic E-state index is 14.4. The van der Waals surface area contributed by atoms with Crippen LogP contribution in [0.5, 0.6) is 5.88 Å². The van der Waals surface area contributed by atoms with Crippen LogP contribution in [0.15, 0.2) is 36.8 Å². The molecule has 0 saturated carbocycles. The summed E-state index contributed by atoms with van der Waals surface area (Å²) in [5.74, 6) is -3.81. The average molecular weight is 481 g/mol. The number of anilines is 2. The van der Waals surface area contributed by atoms with E-state index in [1.54, 1.807) is 0 Å². The molecule has 3 heterocycles. The lowest BCUT2D eigenvalue weighted by Gasteiger charge is -2.24. The highest BCUT2D eigenvalue weighted by molar-refractivity contribution is 6.07. The molecule has 12 heteroatoms. The largest absolute Gasteiger partial charge is 0.473 e. The van der Waals surface area contributed by atoms with Crippen molar-refractivity contribution < 1.29 is 22.7 Å². The summed E-state index contributed by atoms with van der Waals surface area (Å²) in [7, 11) is 0. The number of amides is 1. The molecule has 3 aromatic rings. The first kappa shape index (κ1) is 24.2. The van der Waals surface area contributed by atoms with E-state index >= 15 is 0 Å². The smallest absolute Gasteiger partial charge is 0.276 e. The van der Waals surface area contributed by atoms with Gasteiger partial charge in [0.15, 0.2) is 11.5 Å². The summed E-state index contributed by atoms with van der Waals surface area (Å²) in [6.07, 6.45) is 4.04. The second-order valence-electron chi connectivity index (χ2n) is 7.12. The van der Waals surface area contributed by atoms with Gasteiger partial charge in [-0.15, -0.1) is 12.4 Å². The van der Waals surface area contributed by atoms with Crippen molar-refractivity contribution in [3.05, 3.63) is 59.9 Å². The molecule has 2 aromatic heterocycles. The number of nitrogens with one attached hydrogen (secondary N) is 2. The Morgan fingerprint density at radius 3 is 2.55 bits per heavy atom. The first-order valence-electron chi connectivity index (χ1n) is 9.83. The number of ether oxygens (including phenoxy) is 1. The Bertz CT molecular complexity index is 1140. The Balaban J connectivity index is 0.00000306. The van der Waals surface area contributed by atoms with E-state index in [0.717, 1.165) is 50.2 Å². The molecule has 0 spiro atoms. The standard InChI is InChI=1S/C21H19F3N6O2.ClH/c22-12-2-1-3-13(23)17(12)18-14(24)8-15(25)19(30-18)20(31)29-16-9-27-10-28-21(16)32-11-4-6-26-7-5-11;/h1-3,8-11,26H,4-7,25H2,(H,29,31);1H. The molecule has 1 aliphatic heterocycles. The molecule has 1 aromatic carbocycles. The molecule has 1 saturated heterocycles. The van der Waals surface area contributed by atoms with Gasteiger partial charge in [0.25, 0.3) is 5.91 Å². The monoisotopic (exact) mass is 480 g/mol. The number of benzene rings is 1. The van der Waals surface area contributed by atoms with Crippen LogP contribution in [0, 0.1) is 17.5 Å². The van der Waals surface area contributed by atoms with E-state index in [-0.39, 0.29) is 35.8 Å². The van der Waals surface area contributed by atoms with Gasteiger partial charge in [0.1, 0.15) is 35.4 Å². The van der Waals surface area contributed by atoms with Gasteiger partial charge in [-0.05, 0) is 38.1 Å². The van der Waals surface area contributed by atoms with E-state index < -0.39 is 40.3 Å². The van der Waals surface area contributed by atoms with Crippen molar-refractivity contribution in [2.75, 3.05) is 24.1 Å². The molecule has 4 rings (SSSR count). The van der Waals surface area contributed by atoms with Crippen LogP contribution in [-0.2, 0) is 0 Å². The van der Waals surface area contributed by atoms with Crippen LogP contribution in [0.1, 0.15) is 23.3 Å². The number of hydrogen-bond acceptors (Lipinski definition) is 7. The highest BCUT2D eigenvalue weighted by Crippen LogP contribution is 2.30. The van der Waals surface area contributed by atoms with Gasteiger partial charge in [-0.3, -0.25) is 4.79 Å². The fourth-order valence-corrected chi connectivity index (χ4v) is 3.33.